The SMILES string of the molecule is CN[C@H](CO)CCCN=C(N)N. The molecular weight excluding hydrogens is 156 g/mol. The number of hydrogen-bond acceptors (Lipinski definition) is 3. The number of aliphatic hydroxyl groups excluding tert-OH is 1. The predicted molar refractivity (Wildman–Crippen MR) is 49.8 cm³/mol. The molecule has 0 aromatic carbocycles. The quantitative estimate of drug-likeness (QED) is 0.227. The Morgan fingerprint density at radius 2 is 2.25 bits per heavy atom. The summed E-state index contributed by atoms with van der Waals surface area (Å²) in [6.45, 7) is 0.777. The second kappa shape index (κ2) is 6.87. The summed E-state index contributed by atoms with van der Waals surface area (Å²) >= 11 is 0. The zero-order valence-electron chi connectivity index (χ0n) is 7.45. The fourth-order valence-corrected chi connectivity index (χ4v) is 0.873. The largest absolute Gasteiger partial charge is 0.395 e. The fraction of sp³-hybridized carbons (Fsp3) is 0.857. The lowest BCUT2D eigenvalue weighted by atomic mass is 10.2. The average molecular weight is 174 g/mol. The number of likely N-dealkylation sites (N-methyl/N-ethyl adjacent to an activating group) is 1. The molecule has 12 heavy (non-hydrogen) atoms. The number of aliphatic hydroxyl groups is 1. The molecule has 5 heteroatoms. The average Bonchev–Trinajstić information content (AvgIpc) is 2.04. The molecule has 0 amide bonds. The van der Waals surface area contributed by atoms with Crippen molar-refractivity contribution in [2.75, 3.05) is 20.2 Å². The summed E-state index contributed by atoms with van der Waals surface area (Å²) in [6.07, 6.45) is 1.76. The second-order valence-corrected chi connectivity index (χ2v) is 2.62. The van der Waals surface area contributed by atoms with Gasteiger partial charge in [0.05, 0.1) is 6.61 Å². The second-order valence-electron chi connectivity index (χ2n) is 2.62. The Morgan fingerprint density at radius 1 is 1.58 bits per heavy atom. The molecule has 0 bridgehead atoms. The third-order valence-electron chi connectivity index (χ3n) is 1.63. The van der Waals surface area contributed by atoms with Crippen LogP contribution in [0, 0.1) is 0 Å². The maximum Gasteiger partial charge on any atom is 0.185 e. The molecular formula is C7H18N4O. The van der Waals surface area contributed by atoms with E-state index in [0.717, 1.165) is 12.8 Å². The molecule has 0 aliphatic heterocycles. The van der Waals surface area contributed by atoms with Gasteiger partial charge in [0.25, 0.3) is 0 Å². The van der Waals surface area contributed by atoms with E-state index in [9.17, 15) is 0 Å². The highest BCUT2D eigenvalue weighted by atomic mass is 16.3. The molecule has 0 unspecified atom stereocenters. The van der Waals surface area contributed by atoms with Crippen LogP contribution < -0.4 is 16.8 Å². The minimum atomic E-state index is 0.125. The van der Waals surface area contributed by atoms with Gasteiger partial charge in [0, 0.05) is 12.6 Å². The van der Waals surface area contributed by atoms with Crippen molar-refractivity contribution in [2.24, 2.45) is 16.5 Å². The summed E-state index contributed by atoms with van der Waals surface area (Å²) < 4.78 is 0. The van der Waals surface area contributed by atoms with Gasteiger partial charge < -0.3 is 21.9 Å². The molecule has 0 aromatic rings. The third-order valence-corrected chi connectivity index (χ3v) is 1.63. The molecule has 0 radical (unpaired) electrons. The molecule has 0 rings (SSSR count). The monoisotopic (exact) mass is 174 g/mol. The maximum absolute atomic E-state index is 8.79. The first-order valence-corrected chi connectivity index (χ1v) is 4.04. The summed E-state index contributed by atoms with van der Waals surface area (Å²) in [7, 11) is 1.82. The Morgan fingerprint density at radius 3 is 2.67 bits per heavy atom. The first kappa shape index (κ1) is 11.2. The van der Waals surface area contributed by atoms with Gasteiger partial charge in [-0.05, 0) is 19.9 Å². The van der Waals surface area contributed by atoms with Crippen molar-refractivity contribution >= 4 is 5.96 Å². The molecule has 0 fully saturated rings. The van der Waals surface area contributed by atoms with Gasteiger partial charge in [-0.2, -0.15) is 0 Å². The Kier molecular flexibility index (Phi) is 6.41. The number of rotatable bonds is 6. The zero-order chi connectivity index (χ0) is 9.40. The molecule has 72 valence electrons. The van der Waals surface area contributed by atoms with E-state index in [1.807, 2.05) is 7.05 Å². The van der Waals surface area contributed by atoms with Gasteiger partial charge in [0.2, 0.25) is 0 Å². The van der Waals surface area contributed by atoms with Crippen LogP contribution in [-0.2, 0) is 0 Å². The minimum Gasteiger partial charge on any atom is -0.395 e. The van der Waals surface area contributed by atoms with Gasteiger partial charge in [-0.3, -0.25) is 4.99 Å². The topological polar surface area (TPSA) is 96.7 Å². The molecule has 0 aromatic heterocycles. The number of nitrogens with one attached hydrogen (secondary N) is 1. The smallest absolute Gasteiger partial charge is 0.185 e. The molecule has 0 spiro atoms. The zero-order valence-corrected chi connectivity index (χ0v) is 7.45. The van der Waals surface area contributed by atoms with Gasteiger partial charge in [-0.15, -0.1) is 0 Å². The molecule has 0 heterocycles. The summed E-state index contributed by atoms with van der Waals surface area (Å²) in [5.74, 6) is 0.125. The first-order chi connectivity index (χ1) is 5.70. The minimum absolute atomic E-state index is 0.125. The van der Waals surface area contributed by atoms with Crippen molar-refractivity contribution < 1.29 is 5.11 Å². The summed E-state index contributed by atoms with van der Waals surface area (Å²) in [6, 6.07) is 0.152. The van der Waals surface area contributed by atoms with Crippen LogP contribution in [0.3, 0.4) is 0 Å². The number of guanidine groups is 1. The van der Waals surface area contributed by atoms with Crippen molar-refractivity contribution in [3.05, 3.63) is 0 Å². The standard InChI is InChI=1S/C7H18N4O/c1-10-6(5-12)3-2-4-11-7(8)9/h6,10,12H,2-5H2,1H3,(H4,8,9,11)/t6-/m0/s1. The van der Waals surface area contributed by atoms with Gasteiger partial charge in [-0.1, -0.05) is 0 Å². The molecule has 6 N–H and O–H groups in total. The van der Waals surface area contributed by atoms with E-state index < -0.39 is 0 Å². The summed E-state index contributed by atoms with van der Waals surface area (Å²) in [5.41, 5.74) is 10.3. The lowest BCUT2D eigenvalue weighted by molar-refractivity contribution is 0.241. The lowest BCUT2D eigenvalue weighted by Gasteiger charge is -2.11. The van der Waals surface area contributed by atoms with Crippen molar-refractivity contribution in [3.8, 4) is 0 Å². The Labute approximate surface area is 72.8 Å². The van der Waals surface area contributed by atoms with E-state index in [4.69, 9.17) is 16.6 Å². The molecule has 0 saturated carbocycles. The maximum atomic E-state index is 8.79. The van der Waals surface area contributed by atoms with E-state index >= 15 is 0 Å². The number of nitrogens with two attached hydrogens (primary N) is 2. The highest BCUT2D eigenvalue weighted by molar-refractivity contribution is 5.75. The van der Waals surface area contributed by atoms with Crippen LogP contribution in [-0.4, -0.2) is 37.3 Å². The van der Waals surface area contributed by atoms with E-state index in [0.29, 0.717) is 6.54 Å². The van der Waals surface area contributed by atoms with Crippen LogP contribution in [0.4, 0.5) is 0 Å². The molecule has 0 aliphatic carbocycles. The molecule has 0 aliphatic rings. The van der Waals surface area contributed by atoms with Crippen LogP contribution >= 0.6 is 0 Å². The van der Waals surface area contributed by atoms with Crippen LogP contribution in [0.5, 0.6) is 0 Å². The number of aliphatic imine (C=N–C) groups is 1. The third kappa shape index (κ3) is 5.94. The van der Waals surface area contributed by atoms with Gasteiger partial charge in [-0.25, -0.2) is 0 Å². The normalized spacial score (nSPS) is 12.5. The van der Waals surface area contributed by atoms with Crippen molar-refractivity contribution in [3.63, 3.8) is 0 Å². The lowest BCUT2D eigenvalue weighted by Crippen LogP contribution is -2.29. The van der Waals surface area contributed by atoms with Gasteiger partial charge >= 0.3 is 0 Å². The van der Waals surface area contributed by atoms with E-state index in [1.165, 1.54) is 0 Å². The van der Waals surface area contributed by atoms with Gasteiger partial charge in [0.15, 0.2) is 5.96 Å². The predicted octanol–water partition coefficient (Wildman–Crippen LogP) is -1.38. The summed E-state index contributed by atoms with van der Waals surface area (Å²) in [4.78, 5) is 3.83. The Hall–Kier alpha value is -0.810. The van der Waals surface area contributed by atoms with E-state index in [2.05, 4.69) is 10.3 Å². The van der Waals surface area contributed by atoms with Crippen LogP contribution in [0.15, 0.2) is 4.99 Å². The first-order valence-electron chi connectivity index (χ1n) is 4.04. The molecule has 1 atom stereocenters. The number of nitrogens with zero attached hydrogens (tertiary/aromatic N) is 1. The van der Waals surface area contributed by atoms with E-state index in [-0.39, 0.29) is 18.6 Å². The van der Waals surface area contributed by atoms with Crippen LogP contribution in [0.25, 0.3) is 0 Å². The van der Waals surface area contributed by atoms with Crippen molar-refractivity contribution in [1.82, 2.24) is 5.32 Å². The summed E-state index contributed by atoms with van der Waals surface area (Å²) in [5, 5.41) is 11.8. The van der Waals surface area contributed by atoms with Crippen LogP contribution in [0.1, 0.15) is 12.8 Å². The number of hydrogen-bond donors (Lipinski definition) is 4. The highest BCUT2D eigenvalue weighted by Gasteiger charge is 2.01. The molecule has 0 saturated heterocycles. The van der Waals surface area contributed by atoms with Crippen molar-refractivity contribution in [1.29, 1.82) is 0 Å². The van der Waals surface area contributed by atoms with Gasteiger partial charge in [0.1, 0.15) is 0 Å². The highest BCUT2D eigenvalue weighted by Crippen LogP contribution is 1.95. The Balaban J connectivity index is 3.35. The van der Waals surface area contributed by atoms with Crippen molar-refractivity contribution in [2.45, 2.75) is 18.9 Å². The fourth-order valence-electron chi connectivity index (χ4n) is 0.873. The van der Waals surface area contributed by atoms with E-state index in [1.54, 1.807) is 0 Å². The van der Waals surface area contributed by atoms with Crippen LogP contribution in [0.2, 0.25) is 0 Å². The Bertz CT molecular complexity index is 129. The molecule has 5 nitrogen and oxygen atoms in total.